The van der Waals surface area contributed by atoms with Crippen molar-refractivity contribution in [1.29, 1.82) is 0 Å². The van der Waals surface area contributed by atoms with Gasteiger partial charge in [0.1, 0.15) is 18.0 Å². The van der Waals surface area contributed by atoms with E-state index in [0.29, 0.717) is 19.4 Å². The van der Waals surface area contributed by atoms with Crippen LogP contribution in [0.3, 0.4) is 0 Å². The van der Waals surface area contributed by atoms with Crippen LogP contribution in [-0.4, -0.2) is 27.2 Å². The Morgan fingerprint density at radius 1 is 1.38 bits per heavy atom. The summed E-state index contributed by atoms with van der Waals surface area (Å²) in [6.07, 6.45) is 6.78. The first-order chi connectivity index (χ1) is 11.6. The van der Waals surface area contributed by atoms with Crippen molar-refractivity contribution >= 4 is 5.91 Å². The van der Waals surface area contributed by atoms with E-state index < -0.39 is 0 Å². The van der Waals surface area contributed by atoms with Crippen LogP contribution in [0.4, 0.5) is 4.39 Å². The molecule has 1 amide bonds. The van der Waals surface area contributed by atoms with Crippen molar-refractivity contribution in [3.05, 3.63) is 47.8 Å². The highest BCUT2D eigenvalue weighted by atomic mass is 19.1. The van der Waals surface area contributed by atoms with E-state index in [1.54, 1.807) is 18.5 Å². The molecule has 1 aromatic carbocycles. The summed E-state index contributed by atoms with van der Waals surface area (Å²) in [6, 6.07) is 6.80. The molecule has 0 aliphatic heterocycles. The average Bonchev–Trinajstić information content (AvgIpc) is 3.21. The highest BCUT2D eigenvalue weighted by Gasteiger charge is 2.36. The van der Waals surface area contributed by atoms with Crippen LogP contribution in [-0.2, 0) is 23.7 Å². The molecule has 0 spiro atoms. The summed E-state index contributed by atoms with van der Waals surface area (Å²) in [6.45, 7) is 0.564. The summed E-state index contributed by atoms with van der Waals surface area (Å²) >= 11 is 0. The predicted octanol–water partition coefficient (Wildman–Crippen LogP) is 2.52. The zero-order valence-corrected chi connectivity index (χ0v) is 14.0. The second kappa shape index (κ2) is 7.11. The lowest BCUT2D eigenvalue weighted by atomic mass is 9.78. The Hall–Kier alpha value is -2.24. The number of hydrogen-bond donors (Lipinski definition) is 1. The number of rotatable bonds is 6. The SMILES string of the molecule is Cn1cnnc1CCC(=O)NCC1(c2cccc(F)c2)CCCC1. The van der Waals surface area contributed by atoms with Gasteiger partial charge < -0.3 is 9.88 Å². The Bertz CT molecular complexity index is 707. The Kier molecular flexibility index (Phi) is 4.92. The van der Waals surface area contributed by atoms with Gasteiger partial charge in [-0.2, -0.15) is 0 Å². The van der Waals surface area contributed by atoms with Gasteiger partial charge in [-0.15, -0.1) is 10.2 Å². The van der Waals surface area contributed by atoms with Crippen LogP contribution in [0.15, 0.2) is 30.6 Å². The largest absolute Gasteiger partial charge is 0.355 e. The minimum absolute atomic E-state index is 0.000628. The number of carbonyl (C=O) groups excluding carboxylic acids is 1. The first kappa shape index (κ1) is 16.6. The van der Waals surface area contributed by atoms with Crippen LogP contribution in [0.1, 0.15) is 43.5 Å². The van der Waals surface area contributed by atoms with Gasteiger partial charge in [-0.05, 0) is 30.5 Å². The molecule has 1 saturated carbocycles. The van der Waals surface area contributed by atoms with Crippen LogP contribution < -0.4 is 5.32 Å². The molecule has 0 bridgehead atoms. The molecule has 3 rings (SSSR count). The van der Waals surface area contributed by atoms with Crippen molar-refractivity contribution in [3.63, 3.8) is 0 Å². The normalized spacial score (nSPS) is 16.2. The number of aryl methyl sites for hydroxylation is 2. The Morgan fingerprint density at radius 2 is 2.17 bits per heavy atom. The summed E-state index contributed by atoms with van der Waals surface area (Å²) in [5, 5.41) is 10.8. The fourth-order valence-corrected chi connectivity index (χ4v) is 3.55. The maximum absolute atomic E-state index is 13.6. The minimum atomic E-state index is -0.215. The minimum Gasteiger partial charge on any atom is -0.355 e. The van der Waals surface area contributed by atoms with Crippen LogP contribution in [0.2, 0.25) is 0 Å². The standard InChI is InChI=1S/C18H23FN4O/c1-23-13-21-22-16(23)7-8-17(24)20-12-18(9-2-3-10-18)14-5-4-6-15(19)11-14/h4-6,11,13H,2-3,7-10,12H2,1H3,(H,20,24). The lowest BCUT2D eigenvalue weighted by molar-refractivity contribution is -0.121. The van der Waals surface area contributed by atoms with E-state index in [1.165, 1.54) is 6.07 Å². The van der Waals surface area contributed by atoms with Gasteiger partial charge in [0, 0.05) is 31.8 Å². The molecule has 1 aliphatic carbocycles. The third-order valence-corrected chi connectivity index (χ3v) is 5.00. The molecule has 1 N–H and O–H groups in total. The average molecular weight is 330 g/mol. The molecule has 24 heavy (non-hydrogen) atoms. The van der Waals surface area contributed by atoms with Gasteiger partial charge in [0.15, 0.2) is 0 Å². The van der Waals surface area contributed by atoms with Gasteiger partial charge >= 0.3 is 0 Å². The van der Waals surface area contributed by atoms with E-state index in [2.05, 4.69) is 15.5 Å². The second-order valence-corrected chi connectivity index (χ2v) is 6.63. The van der Waals surface area contributed by atoms with Crippen molar-refractivity contribution in [2.45, 2.75) is 43.9 Å². The van der Waals surface area contributed by atoms with Gasteiger partial charge in [0.25, 0.3) is 0 Å². The zero-order chi connectivity index (χ0) is 17.0. The molecule has 0 unspecified atom stereocenters. The number of amides is 1. The fourth-order valence-electron chi connectivity index (χ4n) is 3.55. The van der Waals surface area contributed by atoms with E-state index in [4.69, 9.17) is 0 Å². The first-order valence-corrected chi connectivity index (χ1v) is 8.45. The van der Waals surface area contributed by atoms with Crippen molar-refractivity contribution in [2.24, 2.45) is 7.05 Å². The lowest BCUT2D eigenvalue weighted by Crippen LogP contribution is -2.39. The first-order valence-electron chi connectivity index (χ1n) is 8.45. The zero-order valence-electron chi connectivity index (χ0n) is 14.0. The maximum atomic E-state index is 13.6. The van der Waals surface area contributed by atoms with Crippen LogP contribution in [0.5, 0.6) is 0 Å². The molecule has 0 radical (unpaired) electrons. The lowest BCUT2D eigenvalue weighted by Gasteiger charge is -2.30. The van der Waals surface area contributed by atoms with Crippen molar-refractivity contribution in [2.75, 3.05) is 6.54 Å². The van der Waals surface area contributed by atoms with Gasteiger partial charge in [0.05, 0.1) is 0 Å². The number of benzene rings is 1. The molecular weight excluding hydrogens is 307 g/mol. The summed E-state index contributed by atoms with van der Waals surface area (Å²) in [4.78, 5) is 12.2. The number of carbonyl (C=O) groups is 1. The van der Waals surface area contributed by atoms with Crippen molar-refractivity contribution in [1.82, 2.24) is 20.1 Å². The fraction of sp³-hybridized carbons (Fsp3) is 0.500. The quantitative estimate of drug-likeness (QED) is 0.885. The van der Waals surface area contributed by atoms with Gasteiger partial charge in [-0.3, -0.25) is 4.79 Å². The molecule has 1 aliphatic rings. The molecule has 5 nitrogen and oxygen atoms in total. The molecule has 1 fully saturated rings. The van der Waals surface area contributed by atoms with E-state index in [9.17, 15) is 9.18 Å². The van der Waals surface area contributed by atoms with Crippen LogP contribution in [0, 0.1) is 5.82 Å². The molecule has 1 heterocycles. The predicted molar refractivity (Wildman–Crippen MR) is 88.9 cm³/mol. The maximum Gasteiger partial charge on any atom is 0.220 e. The smallest absolute Gasteiger partial charge is 0.220 e. The summed E-state index contributed by atoms with van der Waals surface area (Å²) in [5.41, 5.74) is 0.858. The number of hydrogen-bond acceptors (Lipinski definition) is 3. The van der Waals surface area contributed by atoms with Crippen molar-refractivity contribution < 1.29 is 9.18 Å². The summed E-state index contributed by atoms with van der Waals surface area (Å²) in [5.74, 6) is 0.582. The third-order valence-electron chi connectivity index (χ3n) is 5.00. The molecule has 6 heteroatoms. The number of nitrogens with zero attached hydrogens (tertiary/aromatic N) is 3. The number of nitrogens with one attached hydrogen (secondary N) is 1. The van der Waals surface area contributed by atoms with Crippen LogP contribution >= 0.6 is 0 Å². The summed E-state index contributed by atoms with van der Waals surface area (Å²) in [7, 11) is 1.87. The van der Waals surface area contributed by atoms with E-state index in [0.717, 1.165) is 37.1 Å². The van der Waals surface area contributed by atoms with Crippen LogP contribution in [0.25, 0.3) is 0 Å². The molecule has 0 saturated heterocycles. The van der Waals surface area contributed by atoms with E-state index in [-0.39, 0.29) is 17.1 Å². The van der Waals surface area contributed by atoms with Gasteiger partial charge in [-0.25, -0.2) is 4.39 Å². The monoisotopic (exact) mass is 330 g/mol. The molecule has 2 aromatic rings. The molecular formula is C18H23FN4O. The van der Waals surface area contributed by atoms with Gasteiger partial charge in [0.2, 0.25) is 5.91 Å². The van der Waals surface area contributed by atoms with Gasteiger partial charge in [-0.1, -0.05) is 25.0 Å². The highest BCUT2D eigenvalue weighted by Crippen LogP contribution is 2.40. The highest BCUT2D eigenvalue weighted by molar-refractivity contribution is 5.76. The molecule has 1 aromatic heterocycles. The summed E-state index contributed by atoms with van der Waals surface area (Å²) < 4.78 is 15.4. The van der Waals surface area contributed by atoms with Crippen molar-refractivity contribution in [3.8, 4) is 0 Å². The molecule has 128 valence electrons. The van der Waals surface area contributed by atoms with E-state index in [1.807, 2.05) is 17.7 Å². The van der Waals surface area contributed by atoms with E-state index >= 15 is 0 Å². The Balaban J connectivity index is 1.60. The third kappa shape index (κ3) is 3.63. The Labute approximate surface area is 141 Å². The number of aromatic nitrogens is 3. The Morgan fingerprint density at radius 3 is 2.83 bits per heavy atom. The molecule has 0 atom stereocenters. The second-order valence-electron chi connectivity index (χ2n) is 6.63. The number of halogens is 1. The topological polar surface area (TPSA) is 59.8 Å².